The van der Waals surface area contributed by atoms with Crippen LogP contribution in [-0.2, 0) is 12.8 Å². The summed E-state index contributed by atoms with van der Waals surface area (Å²) in [5.74, 6) is 0.395. The highest BCUT2D eigenvalue weighted by Crippen LogP contribution is 2.78. The van der Waals surface area contributed by atoms with Crippen LogP contribution < -0.4 is 0 Å². The summed E-state index contributed by atoms with van der Waals surface area (Å²) in [5, 5.41) is 0. The Kier molecular flexibility index (Phi) is 5.01. The van der Waals surface area contributed by atoms with Crippen LogP contribution in [-0.4, -0.2) is 19.7 Å². The molecule has 5 heteroatoms. The Morgan fingerprint density at radius 1 is 0.710 bits per heavy atom. The van der Waals surface area contributed by atoms with Crippen molar-refractivity contribution < 1.29 is 9.59 Å². The van der Waals surface area contributed by atoms with Crippen LogP contribution in [0.15, 0.2) is 48.5 Å². The molecule has 0 N–H and O–H groups in total. The number of Topliss-reactive ketones (excluding diaryl/α,β-unsaturated/α-hetero) is 2. The molecule has 2 aliphatic carbocycles. The van der Waals surface area contributed by atoms with E-state index in [0.29, 0.717) is 0 Å². The largest absolute Gasteiger partial charge is 0.292 e. The number of benzene rings is 2. The van der Waals surface area contributed by atoms with Gasteiger partial charge in [0.05, 0.1) is 0 Å². The second kappa shape index (κ2) is 7.16. The van der Waals surface area contributed by atoms with E-state index in [4.69, 9.17) is 0 Å². The first kappa shape index (κ1) is 21.7. The van der Waals surface area contributed by atoms with Crippen molar-refractivity contribution in [1.82, 2.24) is 0 Å². The van der Waals surface area contributed by atoms with Crippen LogP contribution in [0.4, 0.5) is 0 Å². The molecule has 1 fully saturated rings. The van der Waals surface area contributed by atoms with E-state index >= 15 is 0 Å². The molecule has 1 aliphatic heterocycles. The lowest BCUT2D eigenvalue weighted by molar-refractivity contribution is 0.0870. The van der Waals surface area contributed by atoms with Crippen molar-refractivity contribution in [3.63, 3.8) is 0 Å². The van der Waals surface area contributed by atoms with Crippen molar-refractivity contribution in [2.75, 3.05) is 0 Å². The molecule has 5 rings (SSSR count). The molecule has 0 bridgehead atoms. The van der Waals surface area contributed by atoms with Crippen molar-refractivity contribution in [3.05, 3.63) is 70.8 Å². The van der Waals surface area contributed by atoms with E-state index in [1.165, 1.54) is 0 Å². The Labute approximate surface area is 197 Å². The van der Waals surface area contributed by atoms with Gasteiger partial charge in [0.15, 0.2) is 11.6 Å². The summed E-state index contributed by atoms with van der Waals surface area (Å²) in [7, 11) is 3.36. The molecule has 2 nitrogen and oxygen atoms in total. The molecule has 2 aromatic rings. The first-order chi connectivity index (χ1) is 14.8. The van der Waals surface area contributed by atoms with Crippen LogP contribution in [0, 0.1) is 10.8 Å². The molecule has 2 unspecified atom stereocenters. The summed E-state index contributed by atoms with van der Waals surface area (Å²) >= 11 is 1.69. The molecular formula is C26H28O2S3. The molecule has 0 amide bonds. The zero-order chi connectivity index (χ0) is 22.1. The number of hydrogen-bond donors (Lipinski definition) is 0. The van der Waals surface area contributed by atoms with Crippen molar-refractivity contribution in [1.29, 1.82) is 0 Å². The first-order valence-corrected chi connectivity index (χ1v) is 14.0. The highest BCUT2D eigenvalue weighted by Gasteiger charge is 2.71. The zero-order valence-electron chi connectivity index (χ0n) is 18.5. The minimum absolute atomic E-state index is 0.197. The van der Waals surface area contributed by atoms with Gasteiger partial charge in [-0.05, 0) is 36.8 Å². The van der Waals surface area contributed by atoms with Crippen molar-refractivity contribution in [2.45, 2.75) is 61.5 Å². The molecule has 31 heavy (non-hydrogen) atoms. The third-order valence-electron chi connectivity index (χ3n) is 8.00. The summed E-state index contributed by atoms with van der Waals surface area (Å²) in [6.45, 7) is 8.89. The van der Waals surface area contributed by atoms with E-state index in [9.17, 15) is 9.59 Å². The number of rotatable bonds is 2. The number of ketones is 2. The predicted octanol–water partition coefficient (Wildman–Crippen LogP) is 7.22. The van der Waals surface area contributed by atoms with Gasteiger partial charge < -0.3 is 0 Å². The molecule has 0 radical (unpaired) electrons. The lowest BCUT2D eigenvalue weighted by Crippen LogP contribution is -2.56. The van der Waals surface area contributed by atoms with Crippen LogP contribution in [0.2, 0.25) is 0 Å². The minimum Gasteiger partial charge on any atom is -0.292 e. The third-order valence-corrected chi connectivity index (χ3v) is 15.2. The molecular weight excluding hydrogens is 440 g/mol. The Balaban J connectivity index is 1.68. The third kappa shape index (κ3) is 2.69. The molecule has 0 aromatic heterocycles. The van der Waals surface area contributed by atoms with E-state index in [1.807, 2.05) is 36.4 Å². The molecule has 3 aliphatic rings. The van der Waals surface area contributed by atoms with Gasteiger partial charge in [0.25, 0.3) is 0 Å². The quantitative estimate of drug-likeness (QED) is 0.435. The Hall–Kier alpha value is -1.17. The van der Waals surface area contributed by atoms with Crippen molar-refractivity contribution >= 4 is 44.9 Å². The Bertz CT molecular complexity index is 1010. The molecule has 162 valence electrons. The topological polar surface area (TPSA) is 34.1 Å². The minimum atomic E-state index is -0.654. The fourth-order valence-corrected chi connectivity index (χ4v) is 13.4. The summed E-state index contributed by atoms with van der Waals surface area (Å²) in [4.78, 5) is 28.3. The second-order valence-electron chi connectivity index (χ2n) is 9.66. The molecule has 2 aromatic carbocycles. The molecule has 1 saturated heterocycles. The van der Waals surface area contributed by atoms with E-state index in [1.54, 1.807) is 33.3 Å². The Morgan fingerprint density at radius 3 is 1.48 bits per heavy atom. The van der Waals surface area contributed by atoms with E-state index in [-0.39, 0.29) is 22.4 Å². The fourth-order valence-electron chi connectivity index (χ4n) is 5.45. The summed E-state index contributed by atoms with van der Waals surface area (Å²) in [6.07, 6.45) is 3.54. The molecule has 4 atom stereocenters. The van der Waals surface area contributed by atoms with Crippen LogP contribution in [0.5, 0.6) is 0 Å². The highest BCUT2D eigenvalue weighted by atomic mass is 33.1. The van der Waals surface area contributed by atoms with E-state index in [0.717, 1.165) is 47.9 Å². The highest BCUT2D eigenvalue weighted by molar-refractivity contribution is 8.84. The van der Waals surface area contributed by atoms with Gasteiger partial charge >= 0.3 is 0 Å². The Morgan fingerprint density at radius 2 is 1.10 bits per heavy atom. The van der Waals surface area contributed by atoms with E-state index < -0.39 is 8.16 Å². The predicted molar refractivity (Wildman–Crippen MR) is 134 cm³/mol. The average Bonchev–Trinajstić information content (AvgIpc) is 3.21. The molecule has 1 heterocycles. The lowest BCUT2D eigenvalue weighted by atomic mass is 9.69. The van der Waals surface area contributed by atoms with Crippen LogP contribution >= 0.6 is 33.3 Å². The number of thioether (sulfide) groups is 1. The normalized spacial score (nSPS) is 36.6. The molecule has 0 saturated carbocycles. The summed E-state index contributed by atoms with van der Waals surface area (Å²) in [5.41, 5.74) is 3.55. The summed E-state index contributed by atoms with van der Waals surface area (Å²) in [6, 6.07) is 16.1. The maximum Gasteiger partial charge on any atom is 0.190 e. The SMILES string of the molecule is CCC1(C)Cc2ccccc2C(=O)[C@@]12SS[C@@]1(S2)C(=O)c2ccccc2CC1(C)CC. The average molecular weight is 469 g/mol. The number of carbonyl (C=O) groups excluding carboxylic acids is 2. The zero-order valence-corrected chi connectivity index (χ0v) is 20.9. The number of fused-ring (bicyclic) bond motifs is 2. The lowest BCUT2D eigenvalue weighted by Gasteiger charge is -2.51. The van der Waals surface area contributed by atoms with Crippen LogP contribution in [0.1, 0.15) is 72.4 Å². The van der Waals surface area contributed by atoms with Gasteiger partial charge in [0, 0.05) is 22.0 Å². The van der Waals surface area contributed by atoms with Crippen molar-refractivity contribution in [3.8, 4) is 0 Å². The number of carbonyl (C=O) groups is 2. The standard InChI is InChI=1S/C26H28O2S3/c1-5-23(3)15-17-11-7-9-13-19(17)21(27)25(23)29-26(31-30-25)22(28)20-14-10-8-12-18(20)16-24(26,4)6-2/h7-14H,5-6,15-16H2,1-4H3/t23?,24?,25-,26+. The second-order valence-corrected chi connectivity index (χ2v) is 14.2. The fraction of sp³-hybridized carbons (Fsp3) is 0.462. The van der Waals surface area contributed by atoms with Gasteiger partial charge in [0.2, 0.25) is 0 Å². The van der Waals surface area contributed by atoms with Crippen molar-refractivity contribution in [2.24, 2.45) is 10.8 Å². The van der Waals surface area contributed by atoms with Gasteiger partial charge in [-0.3, -0.25) is 9.59 Å². The van der Waals surface area contributed by atoms with Gasteiger partial charge in [-0.15, -0.1) is 11.8 Å². The van der Waals surface area contributed by atoms with E-state index in [2.05, 4.69) is 39.8 Å². The number of hydrogen-bond acceptors (Lipinski definition) is 5. The van der Waals surface area contributed by atoms with Gasteiger partial charge in [-0.25, -0.2) is 0 Å². The smallest absolute Gasteiger partial charge is 0.190 e. The maximum absolute atomic E-state index is 14.1. The molecule has 2 spiro atoms. The van der Waals surface area contributed by atoms with Gasteiger partial charge in [-0.2, -0.15) is 0 Å². The monoisotopic (exact) mass is 468 g/mol. The van der Waals surface area contributed by atoms with Gasteiger partial charge in [-0.1, -0.05) is 97.8 Å². The van der Waals surface area contributed by atoms with Gasteiger partial charge in [0.1, 0.15) is 8.16 Å². The maximum atomic E-state index is 14.1. The first-order valence-electron chi connectivity index (χ1n) is 11.1. The van der Waals surface area contributed by atoms with Crippen LogP contribution in [0.3, 0.4) is 0 Å². The summed E-state index contributed by atoms with van der Waals surface area (Å²) < 4.78 is -1.31. The van der Waals surface area contributed by atoms with Crippen LogP contribution in [0.25, 0.3) is 0 Å².